The molecule has 0 saturated heterocycles. The van der Waals surface area contributed by atoms with E-state index >= 15 is 0 Å². The molecule has 0 N–H and O–H groups in total. The Labute approximate surface area is 316 Å². The lowest BCUT2D eigenvalue weighted by molar-refractivity contribution is 0.623. The summed E-state index contributed by atoms with van der Waals surface area (Å²) >= 11 is 0. The molecule has 2 aromatic heterocycles. The third-order valence-electron chi connectivity index (χ3n) is 10.5. The Hall–Kier alpha value is -7.50. The molecular formula is C50H30N4O. The zero-order chi connectivity index (χ0) is 36.3. The van der Waals surface area contributed by atoms with Crippen molar-refractivity contribution >= 4 is 54.2 Å². The van der Waals surface area contributed by atoms with Crippen molar-refractivity contribution < 1.29 is 4.42 Å². The van der Waals surface area contributed by atoms with Crippen LogP contribution in [0.15, 0.2) is 186 Å². The van der Waals surface area contributed by atoms with Crippen LogP contribution in [0, 0.1) is 0 Å². The van der Waals surface area contributed by atoms with Crippen LogP contribution in [-0.2, 0) is 0 Å². The van der Waals surface area contributed by atoms with E-state index < -0.39 is 0 Å². The molecule has 256 valence electrons. The number of hydrogen-bond acceptors (Lipinski definition) is 5. The van der Waals surface area contributed by atoms with Gasteiger partial charge < -0.3 is 4.42 Å². The van der Waals surface area contributed by atoms with Gasteiger partial charge in [-0.05, 0) is 67.7 Å². The summed E-state index contributed by atoms with van der Waals surface area (Å²) in [7, 11) is 0. The van der Waals surface area contributed by atoms with E-state index in [1.54, 1.807) is 0 Å². The van der Waals surface area contributed by atoms with Gasteiger partial charge in [-0.2, -0.15) is 0 Å². The summed E-state index contributed by atoms with van der Waals surface area (Å²) in [6, 6.07) is 62.9. The second-order valence-electron chi connectivity index (χ2n) is 13.8. The number of benzene rings is 9. The Morgan fingerprint density at radius 2 is 0.909 bits per heavy atom. The molecule has 0 radical (unpaired) electrons. The molecule has 5 heteroatoms. The first-order chi connectivity index (χ1) is 27.2. The molecule has 0 bridgehead atoms. The molecule has 0 amide bonds. The minimum absolute atomic E-state index is 0.609. The van der Waals surface area contributed by atoms with Crippen molar-refractivity contribution in [3.8, 4) is 56.7 Å². The summed E-state index contributed by atoms with van der Waals surface area (Å²) in [5.74, 6) is 2.47. The number of aromatic nitrogens is 4. The van der Waals surface area contributed by atoms with Crippen molar-refractivity contribution in [2.75, 3.05) is 0 Å². The quantitative estimate of drug-likeness (QED) is 0.167. The van der Waals surface area contributed by atoms with Crippen LogP contribution < -0.4 is 0 Å². The van der Waals surface area contributed by atoms with E-state index in [2.05, 4.69) is 115 Å². The number of hydrogen-bond donors (Lipinski definition) is 0. The molecule has 2 heterocycles. The Morgan fingerprint density at radius 3 is 1.69 bits per heavy atom. The third kappa shape index (κ3) is 5.24. The van der Waals surface area contributed by atoms with Crippen LogP contribution in [-0.4, -0.2) is 19.9 Å². The maximum absolute atomic E-state index is 6.58. The predicted octanol–water partition coefficient (Wildman–Crippen LogP) is 13.0. The van der Waals surface area contributed by atoms with E-state index in [9.17, 15) is 0 Å². The van der Waals surface area contributed by atoms with Gasteiger partial charge in [-0.15, -0.1) is 0 Å². The van der Waals surface area contributed by atoms with E-state index in [1.165, 1.54) is 16.3 Å². The normalized spacial score (nSPS) is 11.6. The largest absolute Gasteiger partial charge is 0.435 e. The van der Waals surface area contributed by atoms with Crippen LogP contribution in [0.5, 0.6) is 0 Å². The predicted molar refractivity (Wildman–Crippen MR) is 225 cm³/mol. The smallest absolute Gasteiger partial charge is 0.227 e. The van der Waals surface area contributed by atoms with Crippen LogP contribution >= 0.6 is 0 Å². The molecule has 0 saturated carbocycles. The summed E-state index contributed by atoms with van der Waals surface area (Å²) in [5.41, 5.74) is 7.67. The molecule has 11 rings (SSSR count). The van der Waals surface area contributed by atoms with Crippen LogP contribution in [0.2, 0.25) is 0 Å². The van der Waals surface area contributed by atoms with Gasteiger partial charge in [-0.25, -0.2) is 19.9 Å². The van der Waals surface area contributed by atoms with Gasteiger partial charge in [0.05, 0.1) is 0 Å². The van der Waals surface area contributed by atoms with Gasteiger partial charge in [0.15, 0.2) is 23.1 Å². The molecule has 11 aromatic rings. The number of nitrogens with zero attached hydrogens (tertiary/aromatic N) is 4. The van der Waals surface area contributed by atoms with Crippen molar-refractivity contribution in [3.63, 3.8) is 0 Å². The van der Waals surface area contributed by atoms with Crippen LogP contribution in [0.3, 0.4) is 0 Å². The maximum atomic E-state index is 6.58. The molecular weight excluding hydrogens is 673 g/mol. The highest BCUT2D eigenvalue weighted by Crippen LogP contribution is 2.41. The minimum Gasteiger partial charge on any atom is -0.435 e. The lowest BCUT2D eigenvalue weighted by Gasteiger charge is -2.14. The molecule has 55 heavy (non-hydrogen) atoms. The summed E-state index contributed by atoms with van der Waals surface area (Å²) in [4.78, 5) is 20.3. The van der Waals surface area contributed by atoms with Gasteiger partial charge in [0.1, 0.15) is 5.52 Å². The third-order valence-corrected chi connectivity index (χ3v) is 10.5. The zero-order valence-electron chi connectivity index (χ0n) is 29.5. The Balaban J connectivity index is 1.11. The van der Waals surface area contributed by atoms with Gasteiger partial charge in [0.2, 0.25) is 5.89 Å². The first kappa shape index (κ1) is 31.1. The van der Waals surface area contributed by atoms with E-state index in [0.717, 1.165) is 71.2 Å². The highest BCUT2D eigenvalue weighted by Gasteiger charge is 2.19. The molecule has 0 fully saturated rings. The Morgan fingerprint density at radius 1 is 0.327 bits per heavy atom. The van der Waals surface area contributed by atoms with E-state index in [-0.39, 0.29) is 0 Å². The fourth-order valence-electron chi connectivity index (χ4n) is 7.90. The van der Waals surface area contributed by atoms with Gasteiger partial charge in [-0.1, -0.05) is 158 Å². The SMILES string of the molecule is c1ccc(-c2nc(-c3ccc(-c4cccc5ccccc45)cc3)nc(-c3cc4ccc5ccc6nc(-c7ccccc7)oc6c5c4c4ccccc34)n2)cc1. The average molecular weight is 703 g/mol. The molecule has 0 unspecified atom stereocenters. The van der Waals surface area contributed by atoms with Crippen molar-refractivity contribution in [2.45, 2.75) is 0 Å². The average Bonchev–Trinajstić information content (AvgIpc) is 3.71. The molecule has 5 nitrogen and oxygen atoms in total. The molecule has 0 aliphatic rings. The standard InChI is InChI=1S/C50H30N4O/c1-3-13-34(14-4-1)47-52-48(35-25-22-32(23-26-35)39-21-11-17-31-12-7-8-18-38(31)39)54-49(53-47)42-30-37-27-24-33-28-29-43-46(55-50(51-43)36-15-5-2-6-16-36)45(33)44(37)41-20-10-9-19-40(41)42/h1-30H. The van der Waals surface area contributed by atoms with E-state index in [0.29, 0.717) is 23.4 Å². The van der Waals surface area contributed by atoms with Crippen molar-refractivity contribution in [1.82, 2.24) is 19.9 Å². The van der Waals surface area contributed by atoms with Gasteiger partial charge in [-0.3, -0.25) is 0 Å². The first-order valence-electron chi connectivity index (χ1n) is 18.4. The van der Waals surface area contributed by atoms with E-state index in [1.807, 2.05) is 66.7 Å². The van der Waals surface area contributed by atoms with Crippen LogP contribution in [0.1, 0.15) is 0 Å². The summed E-state index contributed by atoms with van der Waals surface area (Å²) in [5, 5.41) is 8.89. The number of rotatable bonds is 5. The summed E-state index contributed by atoms with van der Waals surface area (Å²) in [6.07, 6.45) is 0. The molecule has 9 aromatic carbocycles. The first-order valence-corrected chi connectivity index (χ1v) is 18.4. The number of oxazole rings is 1. The fourth-order valence-corrected chi connectivity index (χ4v) is 7.90. The van der Waals surface area contributed by atoms with Crippen molar-refractivity contribution in [2.24, 2.45) is 0 Å². The summed E-state index contributed by atoms with van der Waals surface area (Å²) in [6.45, 7) is 0. The molecule has 0 atom stereocenters. The zero-order valence-corrected chi connectivity index (χ0v) is 29.5. The maximum Gasteiger partial charge on any atom is 0.227 e. The molecule has 0 spiro atoms. The highest BCUT2D eigenvalue weighted by atomic mass is 16.3. The minimum atomic E-state index is 0.609. The topological polar surface area (TPSA) is 64.7 Å². The highest BCUT2D eigenvalue weighted by molar-refractivity contribution is 6.28. The number of fused-ring (bicyclic) bond motifs is 8. The lowest BCUT2D eigenvalue weighted by Crippen LogP contribution is -2.01. The second-order valence-corrected chi connectivity index (χ2v) is 13.8. The van der Waals surface area contributed by atoms with Gasteiger partial charge in [0.25, 0.3) is 0 Å². The van der Waals surface area contributed by atoms with Gasteiger partial charge in [0, 0.05) is 33.0 Å². The van der Waals surface area contributed by atoms with E-state index in [4.69, 9.17) is 24.4 Å². The Kier molecular flexibility index (Phi) is 7.10. The van der Waals surface area contributed by atoms with Crippen molar-refractivity contribution in [3.05, 3.63) is 182 Å². The van der Waals surface area contributed by atoms with Crippen LogP contribution in [0.4, 0.5) is 0 Å². The van der Waals surface area contributed by atoms with Crippen LogP contribution in [0.25, 0.3) is 111 Å². The second kappa shape index (κ2) is 12.6. The van der Waals surface area contributed by atoms with Crippen molar-refractivity contribution in [1.29, 1.82) is 0 Å². The van der Waals surface area contributed by atoms with Gasteiger partial charge >= 0.3 is 0 Å². The molecule has 0 aliphatic carbocycles. The fraction of sp³-hybridized carbons (Fsp3) is 0. The molecule has 0 aliphatic heterocycles. The Bertz CT molecular complexity index is 3240. The monoisotopic (exact) mass is 702 g/mol. The lowest BCUT2D eigenvalue weighted by atomic mass is 9.92. The summed E-state index contributed by atoms with van der Waals surface area (Å²) < 4.78 is 6.58.